The van der Waals surface area contributed by atoms with Crippen LogP contribution in [0.4, 0.5) is 11.4 Å². The summed E-state index contributed by atoms with van der Waals surface area (Å²) in [4.78, 5) is 17.4. The Morgan fingerprint density at radius 2 is 1.73 bits per heavy atom. The van der Waals surface area contributed by atoms with Gasteiger partial charge in [-0.2, -0.15) is 0 Å². The van der Waals surface area contributed by atoms with Crippen LogP contribution in [0.5, 0.6) is 0 Å². The van der Waals surface area contributed by atoms with Crippen molar-refractivity contribution in [2.45, 2.75) is 19.8 Å². The normalized spacial score (nSPS) is 20.7. The standard InChI is InChI=1S/C22H27N3O/c1-17-6-8-20(9-7-17)25-13-10-19(22(25)26)16-18-4-2-3-5-21(18)24-14-11-23-12-15-24/h2-9,19,23H,10-16H2,1H3/t19-/m0/s1. The number of nitrogens with one attached hydrogen (secondary N) is 1. The molecular formula is C22H27N3O. The molecule has 0 radical (unpaired) electrons. The van der Waals surface area contributed by atoms with Gasteiger partial charge in [0.25, 0.3) is 0 Å². The molecule has 2 aromatic carbocycles. The fraction of sp³-hybridized carbons (Fsp3) is 0.409. The first-order valence-corrected chi connectivity index (χ1v) is 9.64. The van der Waals surface area contributed by atoms with E-state index in [1.54, 1.807) is 0 Å². The van der Waals surface area contributed by atoms with Gasteiger partial charge in [0.15, 0.2) is 0 Å². The lowest BCUT2D eigenvalue weighted by molar-refractivity contribution is -0.120. The summed E-state index contributed by atoms with van der Waals surface area (Å²) in [5.74, 6) is 0.351. The highest BCUT2D eigenvalue weighted by atomic mass is 16.2. The van der Waals surface area contributed by atoms with Gasteiger partial charge < -0.3 is 15.1 Å². The van der Waals surface area contributed by atoms with Crippen LogP contribution in [-0.2, 0) is 11.2 Å². The number of hydrogen-bond acceptors (Lipinski definition) is 3. The summed E-state index contributed by atoms with van der Waals surface area (Å²) in [5, 5.41) is 3.41. The molecule has 2 fully saturated rings. The molecule has 4 nitrogen and oxygen atoms in total. The average Bonchev–Trinajstić information content (AvgIpc) is 3.04. The molecule has 1 atom stereocenters. The first-order valence-electron chi connectivity index (χ1n) is 9.64. The van der Waals surface area contributed by atoms with E-state index in [4.69, 9.17) is 0 Å². The summed E-state index contributed by atoms with van der Waals surface area (Å²) < 4.78 is 0. The Kier molecular flexibility index (Phi) is 4.93. The van der Waals surface area contributed by atoms with Crippen LogP contribution >= 0.6 is 0 Å². The first-order chi connectivity index (χ1) is 12.7. The zero-order chi connectivity index (χ0) is 17.9. The number of aryl methyl sites for hydroxylation is 1. The van der Waals surface area contributed by atoms with Crippen molar-refractivity contribution in [3.8, 4) is 0 Å². The molecule has 26 heavy (non-hydrogen) atoms. The van der Waals surface area contributed by atoms with Crippen LogP contribution in [0.1, 0.15) is 17.5 Å². The Hall–Kier alpha value is -2.33. The van der Waals surface area contributed by atoms with E-state index in [1.807, 2.05) is 4.90 Å². The van der Waals surface area contributed by atoms with Gasteiger partial charge in [0.1, 0.15) is 0 Å². The smallest absolute Gasteiger partial charge is 0.230 e. The van der Waals surface area contributed by atoms with E-state index in [2.05, 4.69) is 65.7 Å². The van der Waals surface area contributed by atoms with Crippen molar-refractivity contribution in [3.63, 3.8) is 0 Å². The van der Waals surface area contributed by atoms with E-state index in [9.17, 15) is 4.79 Å². The second kappa shape index (κ2) is 7.50. The Bertz CT molecular complexity index is 765. The number of para-hydroxylation sites is 1. The quantitative estimate of drug-likeness (QED) is 0.922. The Labute approximate surface area is 155 Å². The van der Waals surface area contributed by atoms with Crippen molar-refractivity contribution in [2.24, 2.45) is 5.92 Å². The van der Waals surface area contributed by atoms with Crippen molar-refractivity contribution >= 4 is 17.3 Å². The van der Waals surface area contributed by atoms with Gasteiger partial charge in [0.2, 0.25) is 5.91 Å². The van der Waals surface area contributed by atoms with E-state index in [0.29, 0.717) is 0 Å². The molecular weight excluding hydrogens is 322 g/mol. The van der Waals surface area contributed by atoms with Gasteiger partial charge >= 0.3 is 0 Å². The van der Waals surface area contributed by atoms with E-state index in [0.717, 1.165) is 51.3 Å². The zero-order valence-electron chi connectivity index (χ0n) is 15.4. The summed E-state index contributed by atoms with van der Waals surface area (Å²) in [6, 6.07) is 16.9. The van der Waals surface area contributed by atoms with Crippen LogP contribution in [0.15, 0.2) is 48.5 Å². The maximum atomic E-state index is 13.0. The highest BCUT2D eigenvalue weighted by Crippen LogP contribution is 2.31. The number of anilines is 2. The Morgan fingerprint density at radius 1 is 1.00 bits per heavy atom. The molecule has 0 bridgehead atoms. The summed E-state index contributed by atoms with van der Waals surface area (Å²) in [6.07, 6.45) is 1.77. The number of rotatable bonds is 4. The van der Waals surface area contributed by atoms with E-state index < -0.39 is 0 Å². The summed E-state index contributed by atoms with van der Waals surface area (Å²) >= 11 is 0. The number of hydrogen-bond donors (Lipinski definition) is 1. The zero-order valence-corrected chi connectivity index (χ0v) is 15.4. The lowest BCUT2D eigenvalue weighted by Crippen LogP contribution is -2.44. The third kappa shape index (κ3) is 3.47. The molecule has 0 aromatic heterocycles. The van der Waals surface area contributed by atoms with E-state index in [1.165, 1.54) is 16.8 Å². The lowest BCUT2D eigenvalue weighted by Gasteiger charge is -2.31. The Balaban J connectivity index is 1.50. The van der Waals surface area contributed by atoms with Gasteiger partial charge in [-0.05, 0) is 43.5 Å². The molecule has 0 saturated carbocycles. The number of amides is 1. The minimum atomic E-state index is 0.0837. The van der Waals surface area contributed by atoms with Crippen LogP contribution in [0.2, 0.25) is 0 Å². The fourth-order valence-electron chi connectivity index (χ4n) is 4.07. The molecule has 0 aliphatic carbocycles. The minimum absolute atomic E-state index is 0.0837. The highest BCUT2D eigenvalue weighted by Gasteiger charge is 2.33. The molecule has 0 spiro atoms. The average molecular weight is 349 g/mol. The third-order valence-electron chi connectivity index (χ3n) is 5.58. The van der Waals surface area contributed by atoms with E-state index in [-0.39, 0.29) is 11.8 Å². The first kappa shape index (κ1) is 17.1. The minimum Gasteiger partial charge on any atom is -0.369 e. The predicted molar refractivity (Wildman–Crippen MR) is 107 cm³/mol. The van der Waals surface area contributed by atoms with Crippen molar-refractivity contribution in [2.75, 3.05) is 42.5 Å². The number of piperazine rings is 1. The van der Waals surface area contributed by atoms with Gasteiger partial charge in [-0.3, -0.25) is 4.79 Å². The number of nitrogens with zero attached hydrogens (tertiary/aromatic N) is 2. The highest BCUT2D eigenvalue weighted by molar-refractivity contribution is 5.97. The van der Waals surface area contributed by atoms with Crippen molar-refractivity contribution < 1.29 is 4.79 Å². The van der Waals surface area contributed by atoms with Crippen LogP contribution in [0.25, 0.3) is 0 Å². The van der Waals surface area contributed by atoms with E-state index >= 15 is 0 Å². The van der Waals surface area contributed by atoms with Crippen LogP contribution in [0.3, 0.4) is 0 Å². The largest absolute Gasteiger partial charge is 0.369 e. The Morgan fingerprint density at radius 3 is 2.50 bits per heavy atom. The van der Waals surface area contributed by atoms with Gasteiger partial charge in [0, 0.05) is 50.0 Å². The van der Waals surface area contributed by atoms with Crippen LogP contribution in [0, 0.1) is 12.8 Å². The topological polar surface area (TPSA) is 35.6 Å². The van der Waals surface area contributed by atoms with Crippen molar-refractivity contribution in [1.29, 1.82) is 0 Å². The molecule has 136 valence electrons. The number of carbonyl (C=O) groups excluding carboxylic acids is 1. The van der Waals surface area contributed by atoms with Gasteiger partial charge in [-0.25, -0.2) is 0 Å². The van der Waals surface area contributed by atoms with Crippen LogP contribution in [-0.4, -0.2) is 38.6 Å². The SMILES string of the molecule is Cc1ccc(N2CC[C@@H](Cc3ccccc3N3CCNCC3)C2=O)cc1. The lowest BCUT2D eigenvalue weighted by atomic mass is 9.96. The van der Waals surface area contributed by atoms with Crippen molar-refractivity contribution in [3.05, 3.63) is 59.7 Å². The molecule has 2 heterocycles. The summed E-state index contributed by atoms with van der Waals surface area (Å²) in [7, 11) is 0. The monoisotopic (exact) mass is 349 g/mol. The molecule has 0 unspecified atom stereocenters. The number of benzene rings is 2. The molecule has 4 heteroatoms. The van der Waals surface area contributed by atoms with Crippen LogP contribution < -0.4 is 15.1 Å². The fourth-order valence-corrected chi connectivity index (χ4v) is 4.07. The number of carbonyl (C=O) groups is 1. The molecule has 1 amide bonds. The van der Waals surface area contributed by atoms with Gasteiger partial charge in [-0.15, -0.1) is 0 Å². The molecule has 4 rings (SSSR count). The van der Waals surface area contributed by atoms with Crippen molar-refractivity contribution in [1.82, 2.24) is 5.32 Å². The summed E-state index contributed by atoms with van der Waals surface area (Å²) in [5.41, 5.74) is 4.86. The third-order valence-corrected chi connectivity index (χ3v) is 5.58. The molecule has 2 aliphatic heterocycles. The molecule has 2 aromatic rings. The molecule has 2 aliphatic rings. The van der Waals surface area contributed by atoms with Gasteiger partial charge in [0.05, 0.1) is 0 Å². The second-order valence-electron chi connectivity index (χ2n) is 7.38. The second-order valence-corrected chi connectivity index (χ2v) is 7.38. The maximum Gasteiger partial charge on any atom is 0.230 e. The summed E-state index contributed by atoms with van der Waals surface area (Å²) in [6.45, 7) is 7.01. The molecule has 2 saturated heterocycles. The predicted octanol–water partition coefficient (Wildman–Crippen LogP) is 3.00. The maximum absolute atomic E-state index is 13.0. The van der Waals surface area contributed by atoms with Gasteiger partial charge in [-0.1, -0.05) is 35.9 Å². The molecule has 1 N–H and O–H groups in total.